The van der Waals surface area contributed by atoms with Crippen LogP contribution < -0.4 is 10.0 Å². The molecule has 21 heavy (non-hydrogen) atoms. The fourth-order valence-electron chi connectivity index (χ4n) is 2.20. The van der Waals surface area contributed by atoms with Gasteiger partial charge in [0, 0.05) is 18.4 Å². The fourth-order valence-corrected chi connectivity index (χ4v) is 2.94. The fraction of sp³-hybridized carbons (Fsp3) is 0.857. The maximum atomic E-state index is 12.1. The zero-order chi connectivity index (χ0) is 16.3. The van der Waals surface area contributed by atoms with Gasteiger partial charge in [-0.15, -0.1) is 0 Å². The van der Waals surface area contributed by atoms with E-state index in [1.165, 1.54) is 0 Å². The molecule has 7 heteroatoms. The summed E-state index contributed by atoms with van der Waals surface area (Å²) >= 11 is 0. The largest absolute Gasteiger partial charge is 0.353 e. The van der Waals surface area contributed by atoms with Crippen LogP contribution in [-0.2, 0) is 19.6 Å². The van der Waals surface area contributed by atoms with Gasteiger partial charge in [-0.25, -0.2) is 8.42 Å². The van der Waals surface area contributed by atoms with Crippen LogP contribution >= 0.6 is 0 Å². The van der Waals surface area contributed by atoms with Crippen molar-refractivity contribution in [2.75, 3.05) is 0 Å². The zero-order valence-electron chi connectivity index (χ0n) is 13.2. The van der Waals surface area contributed by atoms with Crippen molar-refractivity contribution in [2.24, 2.45) is 5.92 Å². The van der Waals surface area contributed by atoms with Gasteiger partial charge in [0.1, 0.15) is 0 Å². The van der Waals surface area contributed by atoms with Crippen molar-refractivity contribution >= 4 is 21.8 Å². The minimum absolute atomic E-state index is 0.0122. The molecule has 6 nitrogen and oxygen atoms in total. The molecule has 0 aromatic rings. The molecule has 0 aromatic carbocycles. The van der Waals surface area contributed by atoms with E-state index in [0.29, 0.717) is 32.1 Å². The SMILES string of the molecule is CCC(=O)NC1CCC(C(=O)NS(=O)(=O)C(C)(C)C)CC1. The van der Waals surface area contributed by atoms with Gasteiger partial charge in [0.25, 0.3) is 0 Å². The summed E-state index contributed by atoms with van der Waals surface area (Å²) in [6, 6.07) is 0.0979. The first-order valence-electron chi connectivity index (χ1n) is 7.42. The molecular weight excluding hydrogens is 292 g/mol. The molecule has 0 aromatic heterocycles. The molecule has 0 saturated heterocycles. The number of amides is 2. The molecule has 1 aliphatic rings. The Morgan fingerprint density at radius 3 is 2.05 bits per heavy atom. The van der Waals surface area contributed by atoms with Crippen LogP contribution in [0.1, 0.15) is 59.8 Å². The molecule has 2 N–H and O–H groups in total. The van der Waals surface area contributed by atoms with Gasteiger partial charge in [0.05, 0.1) is 4.75 Å². The van der Waals surface area contributed by atoms with Gasteiger partial charge in [0.2, 0.25) is 21.8 Å². The molecule has 0 unspecified atom stereocenters. The maximum absolute atomic E-state index is 12.1. The molecule has 0 atom stereocenters. The van der Waals surface area contributed by atoms with Gasteiger partial charge in [-0.3, -0.25) is 14.3 Å². The summed E-state index contributed by atoms with van der Waals surface area (Å²) in [7, 11) is -3.65. The lowest BCUT2D eigenvalue weighted by Crippen LogP contribution is -2.46. The molecule has 1 rings (SSSR count). The van der Waals surface area contributed by atoms with E-state index >= 15 is 0 Å². The molecule has 2 amide bonds. The second kappa shape index (κ2) is 6.77. The van der Waals surface area contributed by atoms with Crippen LogP contribution in [0.15, 0.2) is 0 Å². The summed E-state index contributed by atoms with van der Waals surface area (Å²) < 4.78 is 25.1. The number of hydrogen-bond donors (Lipinski definition) is 2. The number of rotatable bonds is 4. The third kappa shape index (κ3) is 4.98. The van der Waals surface area contributed by atoms with E-state index in [2.05, 4.69) is 10.0 Å². The van der Waals surface area contributed by atoms with Crippen LogP contribution in [0.25, 0.3) is 0 Å². The van der Waals surface area contributed by atoms with E-state index < -0.39 is 20.7 Å². The topological polar surface area (TPSA) is 92.3 Å². The molecule has 0 radical (unpaired) electrons. The van der Waals surface area contributed by atoms with Crippen molar-refractivity contribution in [3.63, 3.8) is 0 Å². The molecule has 1 fully saturated rings. The van der Waals surface area contributed by atoms with Gasteiger partial charge in [-0.1, -0.05) is 6.92 Å². The van der Waals surface area contributed by atoms with Crippen LogP contribution in [0.2, 0.25) is 0 Å². The minimum Gasteiger partial charge on any atom is -0.353 e. The second-order valence-corrected chi connectivity index (χ2v) is 8.99. The van der Waals surface area contributed by atoms with Crippen molar-refractivity contribution in [2.45, 2.75) is 70.6 Å². The monoisotopic (exact) mass is 318 g/mol. The minimum atomic E-state index is -3.65. The van der Waals surface area contributed by atoms with Crippen LogP contribution in [0, 0.1) is 5.92 Å². The molecule has 1 saturated carbocycles. The van der Waals surface area contributed by atoms with E-state index in [9.17, 15) is 18.0 Å². The molecule has 0 bridgehead atoms. The predicted octanol–water partition coefficient (Wildman–Crippen LogP) is 1.32. The number of hydrogen-bond acceptors (Lipinski definition) is 4. The quantitative estimate of drug-likeness (QED) is 0.817. The Bertz CT molecular complexity index is 486. The summed E-state index contributed by atoms with van der Waals surface area (Å²) in [4.78, 5) is 23.4. The zero-order valence-corrected chi connectivity index (χ0v) is 14.0. The van der Waals surface area contributed by atoms with Crippen molar-refractivity contribution < 1.29 is 18.0 Å². The Labute approximate surface area is 127 Å². The highest BCUT2D eigenvalue weighted by molar-refractivity contribution is 7.91. The Kier molecular flexibility index (Phi) is 5.78. The maximum Gasteiger partial charge on any atom is 0.239 e. The highest BCUT2D eigenvalue weighted by Crippen LogP contribution is 2.25. The summed E-state index contributed by atoms with van der Waals surface area (Å²) in [5, 5.41) is 2.91. The predicted molar refractivity (Wildman–Crippen MR) is 81.0 cm³/mol. The molecule has 1 aliphatic carbocycles. The van der Waals surface area contributed by atoms with Crippen molar-refractivity contribution in [1.29, 1.82) is 0 Å². The average Bonchev–Trinajstić information content (AvgIpc) is 2.37. The summed E-state index contributed by atoms with van der Waals surface area (Å²) in [6.45, 7) is 6.46. The third-order valence-electron chi connectivity index (χ3n) is 3.83. The lowest BCUT2D eigenvalue weighted by atomic mass is 9.85. The summed E-state index contributed by atoms with van der Waals surface area (Å²) in [6.07, 6.45) is 3.06. The van der Waals surface area contributed by atoms with Crippen LogP contribution in [0.4, 0.5) is 0 Å². The number of sulfonamides is 1. The normalized spacial score (nSPS) is 23.4. The van der Waals surface area contributed by atoms with Crippen LogP contribution in [0.3, 0.4) is 0 Å². The first kappa shape index (κ1) is 17.9. The van der Waals surface area contributed by atoms with Gasteiger partial charge in [-0.05, 0) is 46.5 Å². The summed E-state index contributed by atoms with van der Waals surface area (Å²) in [5.74, 6) is -0.708. The highest BCUT2D eigenvalue weighted by atomic mass is 32.2. The number of carbonyl (C=O) groups is 2. The molecule has 0 heterocycles. The van der Waals surface area contributed by atoms with Gasteiger partial charge in [0.15, 0.2) is 0 Å². The molecule has 0 aliphatic heterocycles. The van der Waals surface area contributed by atoms with E-state index in [4.69, 9.17) is 0 Å². The van der Waals surface area contributed by atoms with Crippen LogP contribution in [-0.4, -0.2) is 31.0 Å². The van der Waals surface area contributed by atoms with Crippen molar-refractivity contribution in [1.82, 2.24) is 10.0 Å². The van der Waals surface area contributed by atoms with Gasteiger partial charge in [-0.2, -0.15) is 0 Å². The highest BCUT2D eigenvalue weighted by Gasteiger charge is 2.34. The lowest BCUT2D eigenvalue weighted by Gasteiger charge is -2.29. The second-order valence-electron chi connectivity index (χ2n) is 6.55. The number of carbonyl (C=O) groups excluding carboxylic acids is 2. The smallest absolute Gasteiger partial charge is 0.239 e. The van der Waals surface area contributed by atoms with E-state index in [1.54, 1.807) is 27.7 Å². The third-order valence-corrected chi connectivity index (χ3v) is 5.91. The molecular formula is C14H26N2O4S. The number of nitrogens with one attached hydrogen (secondary N) is 2. The Morgan fingerprint density at radius 2 is 1.62 bits per heavy atom. The Hall–Kier alpha value is -1.11. The molecule has 122 valence electrons. The van der Waals surface area contributed by atoms with E-state index in [-0.39, 0.29) is 17.9 Å². The van der Waals surface area contributed by atoms with Crippen molar-refractivity contribution in [3.05, 3.63) is 0 Å². The Balaban J connectivity index is 2.51. The van der Waals surface area contributed by atoms with Gasteiger partial charge >= 0.3 is 0 Å². The standard InChI is InChI=1S/C14H26N2O4S/c1-5-12(17)15-11-8-6-10(7-9-11)13(18)16-21(19,20)14(2,3)4/h10-11H,5-9H2,1-4H3,(H,15,17)(H,16,18). The summed E-state index contributed by atoms with van der Waals surface area (Å²) in [5.41, 5.74) is 0. The Morgan fingerprint density at radius 1 is 1.10 bits per heavy atom. The first-order chi connectivity index (χ1) is 9.56. The van der Waals surface area contributed by atoms with E-state index in [1.807, 2.05) is 0 Å². The van der Waals surface area contributed by atoms with Crippen molar-refractivity contribution in [3.8, 4) is 0 Å². The van der Waals surface area contributed by atoms with Gasteiger partial charge < -0.3 is 5.32 Å². The van der Waals surface area contributed by atoms with E-state index in [0.717, 1.165) is 0 Å². The molecule has 0 spiro atoms. The average molecular weight is 318 g/mol. The van der Waals surface area contributed by atoms with Crippen LogP contribution in [0.5, 0.6) is 0 Å². The lowest BCUT2D eigenvalue weighted by molar-refractivity contribution is -0.124. The first-order valence-corrected chi connectivity index (χ1v) is 8.90.